The van der Waals surface area contributed by atoms with E-state index in [1.54, 1.807) is 0 Å². The molecule has 0 radical (unpaired) electrons. The van der Waals surface area contributed by atoms with Gasteiger partial charge in [0, 0.05) is 18.2 Å². The number of aromatic nitrogens is 1. The second kappa shape index (κ2) is 6.36. The van der Waals surface area contributed by atoms with Crippen LogP contribution in [0.15, 0.2) is 34.9 Å². The van der Waals surface area contributed by atoms with Crippen molar-refractivity contribution in [2.45, 2.75) is 33.2 Å². The molecular weight excluding hydrogens is 224 g/mol. The molecule has 0 spiro atoms. The van der Waals surface area contributed by atoms with Crippen LogP contribution in [0.3, 0.4) is 0 Å². The summed E-state index contributed by atoms with van der Waals surface area (Å²) in [5, 5.41) is 7.28. The predicted molar refractivity (Wildman–Crippen MR) is 73.3 cm³/mol. The van der Waals surface area contributed by atoms with Gasteiger partial charge in [-0.3, -0.25) is 0 Å². The molecular formula is C15H20N2O. The molecule has 0 atom stereocenters. The Morgan fingerprint density at radius 3 is 2.61 bits per heavy atom. The zero-order valence-corrected chi connectivity index (χ0v) is 11.1. The number of hydrogen-bond donors (Lipinski definition) is 1. The summed E-state index contributed by atoms with van der Waals surface area (Å²) in [5.41, 5.74) is 3.41. The molecule has 2 aromatic rings. The lowest BCUT2D eigenvalue weighted by Gasteiger charge is -1.99. The molecule has 18 heavy (non-hydrogen) atoms. The molecule has 2 rings (SSSR count). The van der Waals surface area contributed by atoms with Gasteiger partial charge in [0.15, 0.2) is 5.76 Å². The summed E-state index contributed by atoms with van der Waals surface area (Å²) in [4.78, 5) is 0. The van der Waals surface area contributed by atoms with Gasteiger partial charge in [0.1, 0.15) is 0 Å². The van der Waals surface area contributed by atoms with Crippen molar-refractivity contribution >= 4 is 0 Å². The van der Waals surface area contributed by atoms with Crippen molar-refractivity contribution in [1.82, 2.24) is 10.5 Å². The molecule has 1 aromatic heterocycles. The van der Waals surface area contributed by atoms with E-state index in [-0.39, 0.29) is 0 Å². The molecule has 1 aromatic carbocycles. The van der Waals surface area contributed by atoms with E-state index in [0.717, 1.165) is 36.5 Å². The van der Waals surface area contributed by atoms with Crippen LogP contribution in [-0.2, 0) is 13.0 Å². The molecule has 0 aliphatic heterocycles. The van der Waals surface area contributed by atoms with Crippen LogP contribution in [0.4, 0.5) is 0 Å². The van der Waals surface area contributed by atoms with E-state index in [4.69, 9.17) is 4.52 Å². The van der Waals surface area contributed by atoms with Crippen LogP contribution in [0.5, 0.6) is 0 Å². The van der Waals surface area contributed by atoms with Gasteiger partial charge in [-0.15, -0.1) is 0 Å². The van der Waals surface area contributed by atoms with Gasteiger partial charge in [-0.1, -0.05) is 49.7 Å². The van der Waals surface area contributed by atoms with Crippen molar-refractivity contribution in [2.24, 2.45) is 0 Å². The first-order valence-corrected chi connectivity index (χ1v) is 6.59. The first-order chi connectivity index (χ1) is 8.83. The number of aryl methyl sites for hydroxylation is 1. The molecule has 1 N–H and O–H groups in total. The van der Waals surface area contributed by atoms with Gasteiger partial charge in [0.25, 0.3) is 0 Å². The van der Waals surface area contributed by atoms with Crippen molar-refractivity contribution in [1.29, 1.82) is 0 Å². The van der Waals surface area contributed by atoms with Crippen LogP contribution in [0.2, 0.25) is 0 Å². The minimum absolute atomic E-state index is 0.758. The molecule has 0 saturated heterocycles. The quantitative estimate of drug-likeness (QED) is 0.846. The van der Waals surface area contributed by atoms with E-state index in [1.165, 1.54) is 12.0 Å². The van der Waals surface area contributed by atoms with Crippen LogP contribution in [0.1, 0.15) is 31.5 Å². The number of rotatable bonds is 6. The van der Waals surface area contributed by atoms with E-state index < -0.39 is 0 Å². The van der Waals surface area contributed by atoms with Gasteiger partial charge >= 0.3 is 0 Å². The maximum absolute atomic E-state index is 5.36. The Hall–Kier alpha value is -1.61. The smallest absolute Gasteiger partial charge is 0.167 e. The molecule has 96 valence electrons. The normalized spacial score (nSPS) is 10.8. The summed E-state index contributed by atoms with van der Waals surface area (Å²) in [7, 11) is 0. The highest BCUT2D eigenvalue weighted by molar-refractivity contribution is 5.57. The number of nitrogens with zero attached hydrogens (tertiary/aromatic N) is 1. The van der Waals surface area contributed by atoms with Crippen LogP contribution in [0.25, 0.3) is 11.3 Å². The minimum atomic E-state index is 0.758. The molecule has 0 bridgehead atoms. The minimum Gasteiger partial charge on any atom is -0.356 e. The fourth-order valence-electron chi connectivity index (χ4n) is 1.91. The summed E-state index contributed by atoms with van der Waals surface area (Å²) < 4.78 is 5.36. The predicted octanol–water partition coefficient (Wildman–Crippen LogP) is 3.40. The van der Waals surface area contributed by atoms with E-state index in [1.807, 2.05) is 6.07 Å². The van der Waals surface area contributed by atoms with Gasteiger partial charge in [-0.05, 0) is 18.5 Å². The molecule has 0 aliphatic rings. The molecule has 0 amide bonds. The highest BCUT2D eigenvalue weighted by Crippen LogP contribution is 2.21. The summed E-state index contributed by atoms with van der Waals surface area (Å²) in [6, 6.07) is 10.5. The Morgan fingerprint density at radius 2 is 1.94 bits per heavy atom. The third-order valence-electron chi connectivity index (χ3n) is 2.89. The molecule has 0 unspecified atom stereocenters. The Morgan fingerprint density at radius 1 is 1.17 bits per heavy atom. The van der Waals surface area contributed by atoms with Gasteiger partial charge < -0.3 is 9.84 Å². The summed E-state index contributed by atoms with van der Waals surface area (Å²) in [6.07, 6.45) is 2.30. The first kappa shape index (κ1) is 12.8. The molecule has 0 aliphatic carbocycles. The second-order valence-electron chi connectivity index (χ2n) is 4.41. The SMILES string of the molecule is CCCc1ccc(-c2cc(CNCC)no2)cc1. The lowest BCUT2D eigenvalue weighted by atomic mass is 10.1. The second-order valence-corrected chi connectivity index (χ2v) is 4.41. The molecule has 0 saturated carbocycles. The highest BCUT2D eigenvalue weighted by atomic mass is 16.5. The van der Waals surface area contributed by atoms with E-state index in [9.17, 15) is 0 Å². The molecule has 3 nitrogen and oxygen atoms in total. The maximum Gasteiger partial charge on any atom is 0.167 e. The standard InChI is InChI=1S/C15H20N2O/c1-3-5-12-6-8-13(9-7-12)15-10-14(17-18-15)11-16-4-2/h6-10,16H,3-5,11H2,1-2H3. The summed E-state index contributed by atoms with van der Waals surface area (Å²) in [5.74, 6) is 0.839. The number of hydrogen-bond acceptors (Lipinski definition) is 3. The lowest BCUT2D eigenvalue weighted by molar-refractivity contribution is 0.420. The largest absolute Gasteiger partial charge is 0.356 e. The van der Waals surface area contributed by atoms with Crippen LogP contribution in [0, 0.1) is 0 Å². The molecule has 0 fully saturated rings. The van der Waals surface area contributed by atoms with Crippen LogP contribution in [-0.4, -0.2) is 11.7 Å². The van der Waals surface area contributed by atoms with Gasteiger partial charge in [0.05, 0.1) is 5.69 Å². The van der Waals surface area contributed by atoms with Crippen LogP contribution >= 0.6 is 0 Å². The fraction of sp³-hybridized carbons (Fsp3) is 0.400. The third kappa shape index (κ3) is 3.20. The van der Waals surface area contributed by atoms with Crippen LogP contribution < -0.4 is 5.32 Å². The average Bonchev–Trinajstić information content (AvgIpc) is 2.86. The lowest BCUT2D eigenvalue weighted by Crippen LogP contribution is -2.11. The van der Waals surface area contributed by atoms with Crippen molar-refractivity contribution < 1.29 is 4.52 Å². The Balaban J connectivity index is 2.08. The Kier molecular flexibility index (Phi) is 4.53. The number of benzene rings is 1. The zero-order chi connectivity index (χ0) is 12.8. The van der Waals surface area contributed by atoms with Gasteiger partial charge in [-0.25, -0.2) is 0 Å². The summed E-state index contributed by atoms with van der Waals surface area (Å²) in [6.45, 7) is 5.96. The first-order valence-electron chi connectivity index (χ1n) is 6.59. The van der Waals surface area contributed by atoms with Gasteiger partial charge in [0.2, 0.25) is 0 Å². The van der Waals surface area contributed by atoms with Crippen molar-refractivity contribution in [3.63, 3.8) is 0 Å². The van der Waals surface area contributed by atoms with E-state index in [0.29, 0.717) is 0 Å². The zero-order valence-electron chi connectivity index (χ0n) is 11.1. The Bertz CT molecular complexity index is 473. The van der Waals surface area contributed by atoms with E-state index in [2.05, 4.69) is 48.6 Å². The Labute approximate surface area is 108 Å². The fourth-order valence-corrected chi connectivity index (χ4v) is 1.91. The summed E-state index contributed by atoms with van der Waals surface area (Å²) >= 11 is 0. The third-order valence-corrected chi connectivity index (χ3v) is 2.89. The molecule has 1 heterocycles. The monoisotopic (exact) mass is 244 g/mol. The molecule has 3 heteroatoms. The van der Waals surface area contributed by atoms with Crippen molar-refractivity contribution in [3.8, 4) is 11.3 Å². The maximum atomic E-state index is 5.36. The van der Waals surface area contributed by atoms with E-state index >= 15 is 0 Å². The van der Waals surface area contributed by atoms with Gasteiger partial charge in [-0.2, -0.15) is 0 Å². The van der Waals surface area contributed by atoms with Crippen molar-refractivity contribution in [3.05, 3.63) is 41.6 Å². The van der Waals surface area contributed by atoms with Crippen molar-refractivity contribution in [2.75, 3.05) is 6.54 Å². The highest BCUT2D eigenvalue weighted by Gasteiger charge is 2.06. The number of nitrogens with one attached hydrogen (secondary N) is 1. The topological polar surface area (TPSA) is 38.1 Å². The average molecular weight is 244 g/mol.